The highest BCUT2D eigenvalue weighted by Crippen LogP contribution is 2.23. The van der Waals surface area contributed by atoms with Gasteiger partial charge in [-0.25, -0.2) is 0 Å². The average molecular weight is 890 g/mol. The van der Waals surface area contributed by atoms with E-state index in [2.05, 4.69) is 55.6 Å². The van der Waals surface area contributed by atoms with E-state index in [1.54, 1.807) is 6.08 Å². The maximum Gasteiger partial charge on any atom is 0.220 e. The molecule has 368 valence electrons. The van der Waals surface area contributed by atoms with E-state index in [0.717, 1.165) is 57.8 Å². The van der Waals surface area contributed by atoms with Crippen molar-refractivity contribution in [2.45, 2.75) is 275 Å². The minimum absolute atomic E-state index is 0.195. The highest BCUT2D eigenvalue weighted by molar-refractivity contribution is 5.76. The van der Waals surface area contributed by atoms with Crippen molar-refractivity contribution in [1.29, 1.82) is 0 Å². The standard InChI is InChI=1S/C54H99NO8/c1-3-5-7-9-11-13-15-17-19-21-22-23-24-25-26-28-29-31-33-35-37-39-41-43-48(57)47(46-62-54-53(61)52(60)51(59)49(45-56)63-54)55-50(58)44-42-40-38-36-34-32-30-27-20-18-16-14-12-10-8-6-4-2/h12,14,18,20,33,35,41,43,47-49,51-54,56-57,59-61H,3-11,13,15-17,19,21-32,34,36-40,42,44-46H2,1-2H3,(H,55,58)/b14-12-,20-18-,35-33+,43-41+. The summed E-state index contributed by atoms with van der Waals surface area (Å²) in [5.41, 5.74) is 0. The van der Waals surface area contributed by atoms with Crippen LogP contribution >= 0.6 is 0 Å². The van der Waals surface area contributed by atoms with Crippen LogP contribution in [0.25, 0.3) is 0 Å². The molecule has 9 heteroatoms. The second kappa shape index (κ2) is 44.0. The van der Waals surface area contributed by atoms with Gasteiger partial charge in [0.05, 0.1) is 25.4 Å². The second-order valence-electron chi connectivity index (χ2n) is 18.3. The van der Waals surface area contributed by atoms with Crippen molar-refractivity contribution >= 4 is 5.91 Å². The fraction of sp³-hybridized carbons (Fsp3) is 0.833. The number of carbonyl (C=O) groups is 1. The molecule has 0 aromatic rings. The van der Waals surface area contributed by atoms with Crippen LogP contribution in [-0.2, 0) is 14.3 Å². The Hall–Kier alpha value is -1.85. The van der Waals surface area contributed by atoms with E-state index in [0.29, 0.717) is 6.42 Å². The number of nitrogens with one attached hydrogen (secondary N) is 1. The molecule has 6 N–H and O–H groups in total. The number of aliphatic hydroxyl groups excluding tert-OH is 5. The first kappa shape index (κ1) is 59.2. The van der Waals surface area contributed by atoms with Crippen molar-refractivity contribution in [2.75, 3.05) is 13.2 Å². The SMILES string of the molecule is CCCCC/C=C\C/C=C\CCCCCCCCCC(=O)NC(COC1OC(CO)C(O)C(O)C1O)C(O)/C=C/CC/C=C/CCCCCCCCCCCCCCCCCCC. The molecule has 1 heterocycles. The predicted molar refractivity (Wildman–Crippen MR) is 263 cm³/mol. The van der Waals surface area contributed by atoms with Crippen LogP contribution in [0.5, 0.6) is 0 Å². The number of ether oxygens (including phenoxy) is 2. The molecule has 1 fully saturated rings. The molecule has 7 unspecified atom stereocenters. The normalized spacial score (nSPS) is 20.5. The van der Waals surface area contributed by atoms with Gasteiger partial charge in [0, 0.05) is 6.42 Å². The second-order valence-corrected chi connectivity index (χ2v) is 18.3. The summed E-state index contributed by atoms with van der Waals surface area (Å²) in [4.78, 5) is 13.0. The van der Waals surface area contributed by atoms with Gasteiger partial charge in [0.25, 0.3) is 0 Å². The molecule has 1 rings (SSSR count). The third kappa shape index (κ3) is 34.2. The highest BCUT2D eigenvalue weighted by atomic mass is 16.7. The van der Waals surface area contributed by atoms with Crippen LogP contribution in [-0.4, -0.2) is 87.5 Å². The Labute approximate surface area is 386 Å². The largest absolute Gasteiger partial charge is 0.394 e. The van der Waals surface area contributed by atoms with Gasteiger partial charge in [-0.05, 0) is 64.2 Å². The number of hydrogen-bond donors (Lipinski definition) is 6. The van der Waals surface area contributed by atoms with Gasteiger partial charge >= 0.3 is 0 Å². The van der Waals surface area contributed by atoms with Crippen molar-refractivity contribution in [3.8, 4) is 0 Å². The lowest BCUT2D eigenvalue weighted by molar-refractivity contribution is -0.302. The first-order chi connectivity index (χ1) is 30.8. The number of allylic oxidation sites excluding steroid dienone is 7. The minimum atomic E-state index is -1.57. The van der Waals surface area contributed by atoms with Crippen LogP contribution in [0, 0.1) is 0 Å². The summed E-state index contributed by atoms with van der Waals surface area (Å²) >= 11 is 0. The lowest BCUT2D eigenvalue weighted by atomic mass is 9.99. The molecule has 0 saturated carbocycles. The van der Waals surface area contributed by atoms with Crippen LogP contribution in [0.3, 0.4) is 0 Å². The van der Waals surface area contributed by atoms with E-state index in [9.17, 15) is 30.3 Å². The zero-order chi connectivity index (χ0) is 45.9. The van der Waals surface area contributed by atoms with Crippen molar-refractivity contribution in [2.24, 2.45) is 0 Å². The number of carbonyl (C=O) groups excluding carboxylic acids is 1. The summed E-state index contributed by atoms with van der Waals surface area (Å²) < 4.78 is 11.2. The lowest BCUT2D eigenvalue weighted by Gasteiger charge is -2.40. The molecule has 0 spiro atoms. The maximum atomic E-state index is 13.0. The maximum absolute atomic E-state index is 13.0. The van der Waals surface area contributed by atoms with Crippen molar-refractivity contribution in [1.82, 2.24) is 5.32 Å². The minimum Gasteiger partial charge on any atom is -0.394 e. The van der Waals surface area contributed by atoms with E-state index < -0.39 is 49.5 Å². The molecule has 0 aliphatic carbocycles. The van der Waals surface area contributed by atoms with Gasteiger partial charge in [0.1, 0.15) is 24.4 Å². The molecule has 1 aliphatic rings. The van der Waals surface area contributed by atoms with Crippen LogP contribution in [0.1, 0.15) is 232 Å². The molecule has 0 bridgehead atoms. The Bertz CT molecular complexity index is 1130. The number of amides is 1. The molecular formula is C54H99NO8. The van der Waals surface area contributed by atoms with Crippen LogP contribution in [0.15, 0.2) is 48.6 Å². The quantitative estimate of drug-likeness (QED) is 0.0262. The van der Waals surface area contributed by atoms with Crippen LogP contribution < -0.4 is 5.32 Å². The summed E-state index contributed by atoms with van der Waals surface area (Å²) in [6, 6.07) is -0.827. The monoisotopic (exact) mass is 890 g/mol. The van der Waals surface area contributed by atoms with Gasteiger partial charge in [-0.1, -0.05) is 210 Å². The molecular weight excluding hydrogens is 791 g/mol. The number of unbranched alkanes of at least 4 members (excludes halogenated alkanes) is 28. The molecule has 0 aromatic carbocycles. The van der Waals surface area contributed by atoms with Crippen molar-refractivity contribution in [3.63, 3.8) is 0 Å². The number of aliphatic hydroxyl groups is 5. The topological polar surface area (TPSA) is 149 Å². The zero-order valence-corrected chi connectivity index (χ0v) is 40.6. The van der Waals surface area contributed by atoms with E-state index in [1.165, 1.54) is 154 Å². The summed E-state index contributed by atoms with van der Waals surface area (Å²) in [5.74, 6) is -0.195. The summed E-state index contributed by atoms with van der Waals surface area (Å²) in [7, 11) is 0. The van der Waals surface area contributed by atoms with Crippen LogP contribution in [0.2, 0.25) is 0 Å². The Morgan fingerprint density at radius 1 is 0.540 bits per heavy atom. The first-order valence-corrected chi connectivity index (χ1v) is 26.4. The van der Waals surface area contributed by atoms with E-state index >= 15 is 0 Å². The average Bonchev–Trinajstić information content (AvgIpc) is 3.28. The number of rotatable bonds is 44. The molecule has 1 amide bonds. The Morgan fingerprint density at radius 2 is 0.952 bits per heavy atom. The van der Waals surface area contributed by atoms with E-state index in [4.69, 9.17) is 9.47 Å². The Balaban J connectivity index is 2.31. The zero-order valence-electron chi connectivity index (χ0n) is 40.6. The smallest absolute Gasteiger partial charge is 0.220 e. The third-order valence-corrected chi connectivity index (χ3v) is 12.4. The number of hydrogen-bond acceptors (Lipinski definition) is 8. The predicted octanol–water partition coefficient (Wildman–Crippen LogP) is 12.2. The molecule has 0 aromatic heterocycles. The van der Waals surface area contributed by atoms with Gasteiger partial charge < -0.3 is 40.3 Å². The van der Waals surface area contributed by atoms with Crippen molar-refractivity contribution < 1.29 is 39.8 Å². The van der Waals surface area contributed by atoms with Gasteiger partial charge in [-0.15, -0.1) is 0 Å². The summed E-state index contributed by atoms with van der Waals surface area (Å²) in [6.45, 7) is 3.74. The fourth-order valence-corrected chi connectivity index (χ4v) is 8.14. The molecule has 9 nitrogen and oxygen atoms in total. The highest BCUT2D eigenvalue weighted by Gasteiger charge is 2.44. The van der Waals surface area contributed by atoms with Crippen molar-refractivity contribution in [3.05, 3.63) is 48.6 Å². The molecule has 0 radical (unpaired) electrons. The van der Waals surface area contributed by atoms with Gasteiger partial charge in [0.15, 0.2) is 6.29 Å². The molecule has 1 saturated heterocycles. The summed E-state index contributed by atoms with van der Waals surface area (Å²) in [6.07, 6.45) is 50.2. The lowest BCUT2D eigenvalue weighted by Crippen LogP contribution is -2.60. The van der Waals surface area contributed by atoms with Gasteiger partial charge in [0.2, 0.25) is 5.91 Å². The molecule has 7 atom stereocenters. The van der Waals surface area contributed by atoms with Crippen LogP contribution in [0.4, 0.5) is 0 Å². The molecule has 63 heavy (non-hydrogen) atoms. The van der Waals surface area contributed by atoms with E-state index in [1.807, 2.05) is 6.08 Å². The summed E-state index contributed by atoms with van der Waals surface area (Å²) in [5, 5.41) is 54.3. The first-order valence-electron chi connectivity index (χ1n) is 26.4. The fourth-order valence-electron chi connectivity index (χ4n) is 8.14. The van der Waals surface area contributed by atoms with Gasteiger partial charge in [-0.2, -0.15) is 0 Å². The third-order valence-electron chi connectivity index (χ3n) is 12.4. The Morgan fingerprint density at radius 3 is 1.46 bits per heavy atom. The van der Waals surface area contributed by atoms with E-state index in [-0.39, 0.29) is 12.5 Å². The van der Waals surface area contributed by atoms with Gasteiger partial charge in [-0.3, -0.25) is 4.79 Å². The molecule has 1 aliphatic heterocycles. The Kier molecular flexibility index (Phi) is 41.3.